The number of hydrogen-bond donors (Lipinski definition) is 0. The Bertz CT molecular complexity index is 225. The first-order valence-electron chi connectivity index (χ1n) is 9.34. The van der Waals surface area contributed by atoms with E-state index in [0.29, 0.717) is 12.2 Å². The maximum absolute atomic E-state index is 5.53. The molecule has 2 unspecified atom stereocenters. The van der Waals surface area contributed by atoms with E-state index in [2.05, 4.69) is 0 Å². The Morgan fingerprint density at radius 3 is 1.18 bits per heavy atom. The van der Waals surface area contributed by atoms with Crippen molar-refractivity contribution in [2.24, 2.45) is 0 Å². The van der Waals surface area contributed by atoms with Crippen molar-refractivity contribution in [2.75, 3.05) is 39.6 Å². The molecule has 0 amide bonds. The lowest BCUT2D eigenvalue weighted by Gasteiger charge is -2.04. The first-order valence-corrected chi connectivity index (χ1v) is 9.34. The Kier molecular flexibility index (Phi) is 10.2. The molecule has 130 valence electrons. The Balaban J connectivity index is 1.16. The maximum Gasteiger partial charge on any atom is 0.104 e. The van der Waals surface area contributed by atoms with Crippen LogP contribution in [0.3, 0.4) is 0 Å². The standard InChI is InChI=1S/C18H34O4/c1(3-5-7-9-11-19-13-17-15-21-17)2-4-6-8-10-12-20-14-18-16-22-18/h17-18H,1-16H2. The highest BCUT2D eigenvalue weighted by Gasteiger charge is 2.22. The van der Waals surface area contributed by atoms with E-state index in [-0.39, 0.29) is 0 Å². The smallest absolute Gasteiger partial charge is 0.104 e. The minimum atomic E-state index is 0.416. The zero-order chi connectivity index (χ0) is 15.3. The summed E-state index contributed by atoms with van der Waals surface area (Å²) in [6.07, 6.45) is 14.2. The molecular formula is C18H34O4. The summed E-state index contributed by atoms with van der Waals surface area (Å²) in [5.41, 5.74) is 0. The Labute approximate surface area is 135 Å². The van der Waals surface area contributed by atoms with Crippen molar-refractivity contribution in [2.45, 2.75) is 76.4 Å². The largest absolute Gasteiger partial charge is 0.379 e. The molecule has 0 aromatic rings. The van der Waals surface area contributed by atoms with Gasteiger partial charge in [0.25, 0.3) is 0 Å². The monoisotopic (exact) mass is 314 g/mol. The Morgan fingerprint density at radius 2 is 0.864 bits per heavy atom. The highest BCUT2D eigenvalue weighted by atomic mass is 16.6. The van der Waals surface area contributed by atoms with Crippen LogP contribution in [-0.4, -0.2) is 51.8 Å². The lowest BCUT2D eigenvalue weighted by atomic mass is 10.1. The third-order valence-corrected chi connectivity index (χ3v) is 4.24. The van der Waals surface area contributed by atoms with E-state index >= 15 is 0 Å². The molecule has 0 N–H and O–H groups in total. The predicted molar refractivity (Wildman–Crippen MR) is 87.3 cm³/mol. The minimum absolute atomic E-state index is 0.416. The van der Waals surface area contributed by atoms with Crippen LogP contribution >= 0.6 is 0 Å². The molecule has 0 aliphatic carbocycles. The van der Waals surface area contributed by atoms with Gasteiger partial charge in [-0.25, -0.2) is 0 Å². The van der Waals surface area contributed by atoms with Gasteiger partial charge in [0.1, 0.15) is 12.2 Å². The second kappa shape index (κ2) is 12.3. The molecule has 2 heterocycles. The lowest BCUT2D eigenvalue weighted by molar-refractivity contribution is 0.112. The van der Waals surface area contributed by atoms with E-state index in [1.54, 1.807) is 0 Å². The van der Waals surface area contributed by atoms with Crippen LogP contribution in [0.25, 0.3) is 0 Å². The van der Waals surface area contributed by atoms with E-state index in [9.17, 15) is 0 Å². The number of unbranched alkanes of at least 4 members (excludes halogenated alkanes) is 9. The first-order chi connectivity index (χ1) is 10.9. The predicted octanol–water partition coefficient (Wildman–Crippen LogP) is 3.72. The Hall–Kier alpha value is -0.160. The van der Waals surface area contributed by atoms with E-state index in [0.717, 1.165) is 39.6 Å². The van der Waals surface area contributed by atoms with Gasteiger partial charge in [-0.15, -0.1) is 0 Å². The van der Waals surface area contributed by atoms with Gasteiger partial charge in [0, 0.05) is 13.2 Å². The van der Waals surface area contributed by atoms with Crippen molar-refractivity contribution < 1.29 is 18.9 Å². The van der Waals surface area contributed by atoms with Crippen LogP contribution in [-0.2, 0) is 18.9 Å². The molecule has 2 fully saturated rings. The quantitative estimate of drug-likeness (QED) is 0.303. The summed E-state index contributed by atoms with van der Waals surface area (Å²) >= 11 is 0. The van der Waals surface area contributed by atoms with Crippen molar-refractivity contribution >= 4 is 0 Å². The van der Waals surface area contributed by atoms with Crippen LogP contribution in [0.1, 0.15) is 64.2 Å². The Morgan fingerprint density at radius 1 is 0.545 bits per heavy atom. The fourth-order valence-corrected chi connectivity index (χ4v) is 2.58. The van der Waals surface area contributed by atoms with Crippen LogP contribution in [0.2, 0.25) is 0 Å². The summed E-state index contributed by atoms with van der Waals surface area (Å²) in [6.45, 7) is 5.24. The van der Waals surface area contributed by atoms with Crippen molar-refractivity contribution in [1.29, 1.82) is 0 Å². The van der Waals surface area contributed by atoms with Gasteiger partial charge in [0.2, 0.25) is 0 Å². The van der Waals surface area contributed by atoms with Gasteiger partial charge in [0.15, 0.2) is 0 Å². The van der Waals surface area contributed by atoms with Crippen LogP contribution < -0.4 is 0 Å². The van der Waals surface area contributed by atoms with Crippen molar-refractivity contribution in [3.05, 3.63) is 0 Å². The zero-order valence-electron chi connectivity index (χ0n) is 14.1. The minimum Gasteiger partial charge on any atom is -0.379 e. The maximum atomic E-state index is 5.53. The molecule has 0 aromatic carbocycles. The molecule has 0 spiro atoms. The van der Waals surface area contributed by atoms with Crippen molar-refractivity contribution in [1.82, 2.24) is 0 Å². The summed E-state index contributed by atoms with van der Waals surface area (Å²) in [4.78, 5) is 0. The van der Waals surface area contributed by atoms with Crippen LogP contribution in [0.15, 0.2) is 0 Å². The fraction of sp³-hybridized carbons (Fsp3) is 1.00. The summed E-state index contributed by atoms with van der Waals surface area (Å²) in [6, 6.07) is 0. The molecule has 0 bridgehead atoms. The molecule has 2 rings (SSSR count). The molecule has 0 aromatic heterocycles. The average Bonchev–Trinajstić information content (AvgIpc) is 3.41. The first kappa shape index (κ1) is 18.2. The van der Waals surface area contributed by atoms with Crippen LogP contribution in [0.4, 0.5) is 0 Å². The van der Waals surface area contributed by atoms with Gasteiger partial charge >= 0.3 is 0 Å². The van der Waals surface area contributed by atoms with E-state index in [1.165, 1.54) is 64.2 Å². The molecule has 4 nitrogen and oxygen atoms in total. The average molecular weight is 314 g/mol. The topological polar surface area (TPSA) is 43.5 Å². The van der Waals surface area contributed by atoms with Gasteiger partial charge in [-0.2, -0.15) is 0 Å². The SMILES string of the molecule is C(CCCCCCOCC1CO1)CCCCCOCC1CO1. The van der Waals surface area contributed by atoms with E-state index in [4.69, 9.17) is 18.9 Å². The van der Waals surface area contributed by atoms with Crippen LogP contribution in [0, 0.1) is 0 Å². The molecule has 2 saturated heterocycles. The number of ether oxygens (including phenoxy) is 4. The zero-order valence-corrected chi connectivity index (χ0v) is 14.1. The van der Waals surface area contributed by atoms with Gasteiger partial charge in [-0.1, -0.05) is 51.4 Å². The normalized spacial score (nSPS) is 22.9. The van der Waals surface area contributed by atoms with Gasteiger partial charge in [0.05, 0.1) is 26.4 Å². The summed E-state index contributed by atoms with van der Waals surface area (Å²) in [7, 11) is 0. The molecular weight excluding hydrogens is 280 g/mol. The van der Waals surface area contributed by atoms with E-state index < -0.39 is 0 Å². The highest BCUT2D eigenvalue weighted by Crippen LogP contribution is 2.12. The van der Waals surface area contributed by atoms with Crippen molar-refractivity contribution in [3.63, 3.8) is 0 Å². The highest BCUT2D eigenvalue weighted by molar-refractivity contribution is 4.67. The molecule has 22 heavy (non-hydrogen) atoms. The molecule has 0 saturated carbocycles. The third kappa shape index (κ3) is 11.4. The molecule has 2 atom stereocenters. The summed E-state index contributed by atoms with van der Waals surface area (Å²) < 4.78 is 21.3. The summed E-state index contributed by atoms with van der Waals surface area (Å²) in [5.74, 6) is 0. The van der Waals surface area contributed by atoms with Crippen LogP contribution in [0.5, 0.6) is 0 Å². The second-order valence-corrected chi connectivity index (χ2v) is 6.60. The number of rotatable bonds is 17. The molecule has 2 aliphatic heterocycles. The lowest BCUT2D eigenvalue weighted by Crippen LogP contribution is -2.02. The van der Waals surface area contributed by atoms with Gasteiger partial charge in [-0.3, -0.25) is 0 Å². The van der Waals surface area contributed by atoms with Gasteiger partial charge in [-0.05, 0) is 12.8 Å². The third-order valence-electron chi connectivity index (χ3n) is 4.24. The fourth-order valence-electron chi connectivity index (χ4n) is 2.58. The van der Waals surface area contributed by atoms with Crippen molar-refractivity contribution in [3.8, 4) is 0 Å². The molecule has 2 aliphatic rings. The van der Waals surface area contributed by atoms with Gasteiger partial charge < -0.3 is 18.9 Å². The molecule has 0 radical (unpaired) electrons. The van der Waals surface area contributed by atoms with E-state index in [1.807, 2.05) is 0 Å². The number of hydrogen-bond acceptors (Lipinski definition) is 4. The molecule has 4 heteroatoms. The summed E-state index contributed by atoms with van der Waals surface area (Å²) in [5, 5.41) is 0. The number of epoxide rings is 2. The second-order valence-electron chi connectivity index (χ2n) is 6.60.